The minimum Gasteiger partial charge on any atom is -0.399 e. The van der Waals surface area contributed by atoms with Crippen molar-refractivity contribution in [3.8, 4) is 0 Å². The topological polar surface area (TPSA) is 58.8 Å². The molecule has 2 heterocycles. The first kappa shape index (κ1) is 17.2. The van der Waals surface area contributed by atoms with Crippen molar-refractivity contribution in [1.82, 2.24) is 9.80 Å². The molecule has 24 heavy (non-hydrogen) atoms. The Balaban J connectivity index is 1.44. The molecule has 0 spiro atoms. The third-order valence-corrected chi connectivity index (χ3v) is 5.27. The molecule has 0 radical (unpaired) electrons. The van der Waals surface area contributed by atoms with E-state index in [2.05, 4.69) is 11.8 Å². The van der Waals surface area contributed by atoms with Crippen LogP contribution in [0.3, 0.4) is 0 Å². The lowest BCUT2D eigenvalue weighted by Gasteiger charge is -2.41. The van der Waals surface area contributed by atoms with E-state index in [1.165, 1.54) is 0 Å². The number of morpholine rings is 1. The van der Waals surface area contributed by atoms with E-state index in [0.29, 0.717) is 18.6 Å². The highest BCUT2D eigenvalue weighted by molar-refractivity contribution is 5.76. The minimum absolute atomic E-state index is 0.257. The summed E-state index contributed by atoms with van der Waals surface area (Å²) in [5.41, 5.74) is 7.81. The van der Waals surface area contributed by atoms with Gasteiger partial charge in [-0.05, 0) is 37.8 Å². The van der Waals surface area contributed by atoms with Crippen LogP contribution >= 0.6 is 0 Å². The van der Waals surface area contributed by atoms with Crippen LogP contribution in [-0.2, 0) is 16.0 Å². The number of amides is 1. The van der Waals surface area contributed by atoms with Crippen LogP contribution in [0.25, 0.3) is 0 Å². The van der Waals surface area contributed by atoms with Gasteiger partial charge in [-0.1, -0.05) is 18.2 Å². The highest BCUT2D eigenvalue weighted by Gasteiger charge is 2.29. The third kappa shape index (κ3) is 4.28. The molecule has 3 rings (SSSR count). The zero-order valence-corrected chi connectivity index (χ0v) is 14.6. The molecule has 1 aromatic rings. The molecule has 0 bridgehead atoms. The lowest BCUT2D eigenvalue weighted by atomic mass is 10.0. The fourth-order valence-corrected chi connectivity index (χ4v) is 3.82. The number of carbonyl (C=O) groups excluding carboxylic acids is 1. The predicted molar refractivity (Wildman–Crippen MR) is 95.8 cm³/mol. The Morgan fingerprint density at radius 3 is 2.71 bits per heavy atom. The second-order valence-electron chi connectivity index (χ2n) is 6.99. The molecule has 0 aromatic heterocycles. The predicted octanol–water partition coefficient (Wildman–Crippen LogP) is 1.91. The molecule has 0 aliphatic carbocycles. The number of nitrogens with zero attached hydrogens (tertiary/aromatic N) is 2. The van der Waals surface area contributed by atoms with Crippen LogP contribution in [0.1, 0.15) is 31.7 Å². The van der Waals surface area contributed by atoms with Gasteiger partial charge < -0.3 is 15.4 Å². The SMILES string of the molecule is CC1CN(C2CCN(C(=O)CCc3ccccc3N)CC2)CCO1. The largest absolute Gasteiger partial charge is 0.399 e. The maximum absolute atomic E-state index is 12.5. The van der Waals surface area contributed by atoms with Crippen molar-refractivity contribution in [2.45, 2.75) is 44.8 Å². The normalized spacial score (nSPS) is 23.4. The summed E-state index contributed by atoms with van der Waals surface area (Å²) in [6.07, 6.45) is 3.76. The van der Waals surface area contributed by atoms with Crippen LogP contribution < -0.4 is 5.73 Å². The Kier molecular flexibility index (Phi) is 5.74. The minimum atomic E-state index is 0.257. The van der Waals surface area contributed by atoms with Crippen LogP contribution in [0.5, 0.6) is 0 Å². The molecule has 2 N–H and O–H groups in total. The van der Waals surface area contributed by atoms with E-state index in [-0.39, 0.29) is 5.91 Å². The van der Waals surface area contributed by atoms with Crippen LogP contribution in [0, 0.1) is 0 Å². The Labute approximate surface area is 144 Å². The summed E-state index contributed by atoms with van der Waals surface area (Å²) in [7, 11) is 0. The quantitative estimate of drug-likeness (QED) is 0.856. The van der Waals surface area contributed by atoms with Crippen molar-refractivity contribution in [3.63, 3.8) is 0 Å². The molecule has 1 amide bonds. The average molecular weight is 331 g/mol. The van der Waals surface area contributed by atoms with Gasteiger partial charge in [0.05, 0.1) is 12.7 Å². The van der Waals surface area contributed by atoms with Gasteiger partial charge in [0.15, 0.2) is 0 Å². The Bertz CT molecular complexity index is 555. The highest BCUT2D eigenvalue weighted by atomic mass is 16.5. The molecule has 2 aliphatic rings. The van der Waals surface area contributed by atoms with Crippen molar-refractivity contribution in [1.29, 1.82) is 0 Å². The van der Waals surface area contributed by atoms with Gasteiger partial charge in [0.2, 0.25) is 5.91 Å². The molecule has 2 fully saturated rings. The first-order chi connectivity index (χ1) is 11.6. The smallest absolute Gasteiger partial charge is 0.222 e. The number of nitrogen functional groups attached to an aromatic ring is 1. The van der Waals surface area contributed by atoms with Gasteiger partial charge in [-0.2, -0.15) is 0 Å². The Morgan fingerprint density at radius 2 is 2.00 bits per heavy atom. The van der Waals surface area contributed by atoms with Crippen molar-refractivity contribution < 1.29 is 9.53 Å². The number of hydrogen-bond acceptors (Lipinski definition) is 4. The fraction of sp³-hybridized carbons (Fsp3) is 0.632. The Morgan fingerprint density at radius 1 is 1.25 bits per heavy atom. The van der Waals surface area contributed by atoms with E-state index < -0.39 is 0 Å². The van der Waals surface area contributed by atoms with Crippen LogP contribution in [0.4, 0.5) is 5.69 Å². The number of nitrogens with two attached hydrogens (primary N) is 1. The second-order valence-corrected chi connectivity index (χ2v) is 6.99. The number of benzene rings is 1. The summed E-state index contributed by atoms with van der Waals surface area (Å²) in [5.74, 6) is 0.257. The lowest BCUT2D eigenvalue weighted by molar-refractivity contribution is -0.133. The van der Waals surface area contributed by atoms with Gasteiger partial charge in [0.1, 0.15) is 0 Å². The molecular formula is C19H29N3O2. The van der Waals surface area contributed by atoms with E-state index in [4.69, 9.17) is 10.5 Å². The number of likely N-dealkylation sites (tertiary alicyclic amines) is 1. The van der Waals surface area contributed by atoms with Gasteiger partial charge in [-0.25, -0.2) is 0 Å². The van der Waals surface area contributed by atoms with Crippen molar-refractivity contribution in [3.05, 3.63) is 29.8 Å². The first-order valence-electron chi connectivity index (χ1n) is 9.10. The number of piperidine rings is 1. The molecule has 1 unspecified atom stereocenters. The van der Waals surface area contributed by atoms with Crippen LogP contribution in [-0.4, -0.2) is 60.6 Å². The van der Waals surface area contributed by atoms with Crippen molar-refractivity contribution >= 4 is 11.6 Å². The van der Waals surface area contributed by atoms with Gasteiger partial charge in [0, 0.05) is 44.3 Å². The molecule has 0 saturated carbocycles. The average Bonchev–Trinajstić information content (AvgIpc) is 2.61. The number of para-hydroxylation sites is 1. The van der Waals surface area contributed by atoms with E-state index in [1.54, 1.807) is 0 Å². The first-order valence-corrected chi connectivity index (χ1v) is 9.10. The molecule has 5 heteroatoms. The third-order valence-electron chi connectivity index (χ3n) is 5.27. The van der Waals surface area contributed by atoms with Crippen LogP contribution in [0.15, 0.2) is 24.3 Å². The number of rotatable bonds is 4. The molecule has 2 aliphatic heterocycles. The summed E-state index contributed by atoms with van der Waals surface area (Å²) in [5, 5.41) is 0. The second kappa shape index (κ2) is 7.99. The standard InChI is InChI=1S/C19H29N3O2/c1-15-14-22(12-13-24-15)17-8-10-21(11-9-17)19(23)7-6-16-4-2-3-5-18(16)20/h2-5,15,17H,6-14,20H2,1H3. The zero-order chi connectivity index (χ0) is 16.9. The van der Waals surface area contributed by atoms with E-state index in [0.717, 1.165) is 63.3 Å². The number of aryl methyl sites for hydroxylation is 1. The molecule has 2 saturated heterocycles. The van der Waals surface area contributed by atoms with Gasteiger partial charge in [0.25, 0.3) is 0 Å². The zero-order valence-electron chi connectivity index (χ0n) is 14.6. The monoisotopic (exact) mass is 331 g/mol. The summed E-state index contributed by atoms with van der Waals surface area (Å²) in [4.78, 5) is 17.0. The van der Waals surface area contributed by atoms with Gasteiger partial charge in [-0.3, -0.25) is 9.69 Å². The molecule has 5 nitrogen and oxygen atoms in total. The molecule has 1 atom stereocenters. The fourth-order valence-electron chi connectivity index (χ4n) is 3.82. The summed E-state index contributed by atoms with van der Waals surface area (Å²) in [6.45, 7) is 6.76. The number of hydrogen-bond donors (Lipinski definition) is 1. The van der Waals surface area contributed by atoms with Crippen molar-refractivity contribution in [2.24, 2.45) is 0 Å². The van der Waals surface area contributed by atoms with E-state index in [9.17, 15) is 4.79 Å². The number of anilines is 1. The summed E-state index contributed by atoms with van der Waals surface area (Å²) < 4.78 is 5.63. The summed E-state index contributed by atoms with van der Waals surface area (Å²) in [6, 6.07) is 8.41. The van der Waals surface area contributed by atoms with E-state index >= 15 is 0 Å². The lowest BCUT2D eigenvalue weighted by Crippen LogP contribution is -2.51. The maximum Gasteiger partial charge on any atom is 0.222 e. The number of carbonyl (C=O) groups is 1. The molecule has 1 aromatic carbocycles. The summed E-state index contributed by atoms with van der Waals surface area (Å²) >= 11 is 0. The van der Waals surface area contributed by atoms with E-state index in [1.807, 2.05) is 29.2 Å². The molecule has 132 valence electrons. The Hall–Kier alpha value is -1.59. The van der Waals surface area contributed by atoms with Gasteiger partial charge >= 0.3 is 0 Å². The van der Waals surface area contributed by atoms with Gasteiger partial charge in [-0.15, -0.1) is 0 Å². The van der Waals surface area contributed by atoms with Crippen molar-refractivity contribution in [2.75, 3.05) is 38.5 Å². The highest BCUT2D eigenvalue weighted by Crippen LogP contribution is 2.20. The van der Waals surface area contributed by atoms with Crippen LogP contribution in [0.2, 0.25) is 0 Å². The number of ether oxygens (including phenoxy) is 1. The maximum atomic E-state index is 12.5. The molecular weight excluding hydrogens is 302 g/mol.